The molecular formula is C20H21F2N3O2. The minimum Gasteiger partial charge on any atom is -0.336 e. The lowest BCUT2D eigenvalue weighted by Gasteiger charge is -2.34. The second kappa shape index (κ2) is 8.26. The van der Waals surface area contributed by atoms with Crippen molar-refractivity contribution in [2.75, 3.05) is 38.0 Å². The largest absolute Gasteiger partial charge is 0.336 e. The fraction of sp³-hybridized carbons (Fsp3) is 0.300. The highest BCUT2D eigenvalue weighted by atomic mass is 19.1. The average molecular weight is 373 g/mol. The highest BCUT2D eigenvalue weighted by Gasteiger charge is 2.22. The molecule has 0 atom stereocenters. The van der Waals surface area contributed by atoms with Gasteiger partial charge >= 0.3 is 0 Å². The van der Waals surface area contributed by atoms with Gasteiger partial charge in [-0.05, 0) is 36.9 Å². The van der Waals surface area contributed by atoms with Crippen LogP contribution in [0.1, 0.15) is 27.6 Å². The van der Waals surface area contributed by atoms with Crippen molar-refractivity contribution in [1.82, 2.24) is 9.80 Å². The van der Waals surface area contributed by atoms with Crippen molar-refractivity contribution in [1.29, 1.82) is 0 Å². The summed E-state index contributed by atoms with van der Waals surface area (Å²) in [4.78, 5) is 29.1. The van der Waals surface area contributed by atoms with E-state index in [1.54, 1.807) is 17.0 Å². The lowest BCUT2D eigenvalue weighted by atomic mass is 10.1. The summed E-state index contributed by atoms with van der Waals surface area (Å²) in [6.07, 6.45) is 0. The zero-order chi connectivity index (χ0) is 19.4. The van der Waals surface area contributed by atoms with Crippen molar-refractivity contribution in [2.24, 2.45) is 0 Å². The summed E-state index contributed by atoms with van der Waals surface area (Å²) in [5.41, 5.74) is 0.0345. The average Bonchev–Trinajstić information content (AvgIpc) is 2.70. The molecule has 5 nitrogen and oxygen atoms in total. The summed E-state index contributed by atoms with van der Waals surface area (Å²) in [6.45, 7) is 5.92. The predicted molar refractivity (Wildman–Crippen MR) is 98.8 cm³/mol. The van der Waals surface area contributed by atoms with E-state index < -0.39 is 23.2 Å². The van der Waals surface area contributed by atoms with E-state index in [4.69, 9.17) is 0 Å². The summed E-state index contributed by atoms with van der Waals surface area (Å²) in [7, 11) is 0. The lowest BCUT2D eigenvalue weighted by Crippen LogP contribution is -2.48. The minimum atomic E-state index is -0.857. The Bertz CT molecular complexity index is 829. The van der Waals surface area contributed by atoms with Crippen LogP contribution in [-0.2, 0) is 0 Å². The molecular weight excluding hydrogens is 352 g/mol. The molecule has 2 amide bonds. The molecule has 1 aliphatic heterocycles. The van der Waals surface area contributed by atoms with Crippen molar-refractivity contribution in [3.05, 3.63) is 65.2 Å². The number of amides is 2. The molecule has 0 spiro atoms. The number of para-hydroxylation sites is 1. The van der Waals surface area contributed by atoms with Crippen LogP contribution < -0.4 is 5.32 Å². The Kier molecular flexibility index (Phi) is 5.81. The van der Waals surface area contributed by atoms with Crippen LogP contribution >= 0.6 is 0 Å². The molecule has 1 fully saturated rings. The molecule has 0 aromatic heterocycles. The standard InChI is InChI=1S/C20H21F2N3O2/c1-2-24-9-11-25(12-10-24)20(27)15-6-3-5-14(13-15)19(26)23-18-16(21)7-4-8-17(18)22/h3-8,13H,2,9-12H2,1H3,(H,23,26). The summed E-state index contributed by atoms with van der Waals surface area (Å²) < 4.78 is 27.4. The minimum absolute atomic E-state index is 0.155. The fourth-order valence-corrected chi connectivity index (χ4v) is 3.05. The summed E-state index contributed by atoms with van der Waals surface area (Å²) in [6, 6.07) is 9.51. The number of nitrogens with zero attached hydrogens (tertiary/aromatic N) is 2. The molecule has 0 aliphatic carbocycles. The van der Waals surface area contributed by atoms with Gasteiger partial charge in [-0.25, -0.2) is 8.78 Å². The molecule has 0 saturated carbocycles. The highest BCUT2D eigenvalue weighted by Crippen LogP contribution is 2.19. The molecule has 7 heteroatoms. The van der Waals surface area contributed by atoms with E-state index in [0.717, 1.165) is 31.8 Å². The van der Waals surface area contributed by atoms with Crippen molar-refractivity contribution >= 4 is 17.5 Å². The summed E-state index contributed by atoms with van der Waals surface area (Å²) in [5.74, 6) is -2.55. The number of likely N-dealkylation sites (N-methyl/N-ethyl adjacent to an activating group) is 1. The molecule has 2 aromatic rings. The first kappa shape index (κ1) is 19.0. The number of nitrogens with one attached hydrogen (secondary N) is 1. The number of anilines is 1. The fourth-order valence-electron chi connectivity index (χ4n) is 3.05. The topological polar surface area (TPSA) is 52.7 Å². The first-order valence-electron chi connectivity index (χ1n) is 8.86. The third kappa shape index (κ3) is 4.31. The number of hydrogen-bond donors (Lipinski definition) is 1. The first-order valence-corrected chi connectivity index (χ1v) is 8.86. The SMILES string of the molecule is CCN1CCN(C(=O)c2cccc(C(=O)Nc3c(F)cccc3F)c2)CC1. The van der Waals surface area contributed by atoms with Gasteiger partial charge in [-0.1, -0.05) is 19.1 Å². The van der Waals surface area contributed by atoms with Gasteiger partial charge in [0.15, 0.2) is 0 Å². The number of carbonyl (C=O) groups excluding carboxylic acids is 2. The number of carbonyl (C=O) groups is 2. The Hall–Kier alpha value is -2.80. The third-order valence-corrected chi connectivity index (χ3v) is 4.68. The molecule has 0 bridgehead atoms. The normalized spacial score (nSPS) is 14.9. The van der Waals surface area contributed by atoms with Gasteiger partial charge in [0.25, 0.3) is 11.8 Å². The molecule has 2 aromatic carbocycles. The van der Waals surface area contributed by atoms with Gasteiger partial charge in [-0.3, -0.25) is 9.59 Å². The smallest absolute Gasteiger partial charge is 0.255 e. The lowest BCUT2D eigenvalue weighted by molar-refractivity contribution is 0.0643. The maximum absolute atomic E-state index is 13.7. The number of benzene rings is 2. The van der Waals surface area contributed by atoms with E-state index in [2.05, 4.69) is 17.1 Å². The monoisotopic (exact) mass is 373 g/mol. The van der Waals surface area contributed by atoms with Gasteiger partial charge < -0.3 is 15.1 Å². The zero-order valence-corrected chi connectivity index (χ0v) is 15.0. The molecule has 1 heterocycles. The van der Waals surface area contributed by atoms with Crippen molar-refractivity contribution in [3.63, 3.8) is 0 Å². The number of piperazine rings is 1. The van der Waals surface area contributed by atoms with Crippen LogP contribution in [0.2, 0.25) is 0 Å². The molecule has 0 radical (unpaired) electrons. The molecule has 0 unspecified atom stereocenters. The quantitative estimate of drug-likeness (QED) is 0.897. The number of halogens is 2. The Balaban J connectivity index is 1.73. The van der Waals surface area contributed by atoms with Crippen LogP contribution in [0.3, 0.4) is 0 Å². The van der Waals surface area contributed by atoms with E-state index in [0.29, 0.717) is 18.7 Å². The predicted octanol–water partition coefficient (Wildman–Crippen LogP) is 2.99. The molecule has 1 N–H and O–H groups in total. The first-order chi connectivity index (χ1) is 13.0. The van der Waals surface area contributed by atoms with Crippen LogP contribution in [0, 0.1) is 11.6 Å². The van der Waals surface area contributed by atoms with Gasteiger partial charge in [-0.15, -0.1) is 0 Å². The summed E-state index contributed by atoms with van der Waals surface area (Å²) in [5, 5.41) is 2.23. The second-order valence-electron chi connectivity index (χ2n) is 6.36. The highest BCUT2D eigenvalue weighted by molar-refractivity contribution is 6.06. The molecule has 27 heavy (non-hydrogen) atoms. The van der Waals surface area contributed by atoms with E-state index in [1.165, 1.54) is 18.2 Å². The van der Waals surface area contributed by atoms with E-state index in [9.17, 15) is 18.4 Å². The molecule has 1 saturated heterocycles. The van der Waals surface area contributed by atoms with E-state index in [1.807, 2.05) is 0 Å². The molecule has 142 valence electrons. The van der Waals surface area contributed by atoms with Crippen LogP contribution in [0.25, 0.3) is 0 Å². The maximum Gasteiger partial charge on any atom is 0.255 e. The van der Waals surface area contributed by atoms with Crippen molar-refractivity contribution in [2.45, 2.75) is 6.92 Å². The number of rotatable bonds is 4. The Labute approximate surface area is 156 Å². The molecule has 3 rings (SSSR count). The van der Waals surface area contributed by atoms with E-state index >= 15 is 0 Å². The van der Waals surface area contributed by atoms with Crippen LogP contribution in [0.15, 0.2) is 42.5 Å². The second-order valence-corrected chi connectivity index (χ2v) is 6.36. The Morgan fingerprint density at radius 3 is 2.19 bits per heavy atom. The van der Waals surface area contributed by atoms with Gasteiger partial charge in [0.1, 0.15) is 17.3 Å². The number of hydrogen-bond acceptors (Lipinski definition) is 3. The van der Waals surface area contributed by atoms with Gasteiger partial charge in [0.2, 0.25) is 0 Å². The van der Waals surface area contributed by atoms with Crippen molar-refractivity contribution in [3.8, 4) is 0 Å². The van der Waals surface area contributed by atoms with Gasteiger partial charge in [0, 0.05) is 37.3 Å². The Morgan fingerprint density at radius 2 is 1.56 bits per heavy atom. The van der Waals surface area contributed by atoms with Crippen LogP contribution in [-0.4, -0.2) is 54.3 Å². The van der Waals surface area contributed by atoms with Crippen LogP contribution in [0.4, 0.5) is 14.5 Å². The van der Waals surface area contributed by atoms with Gasteiger partial charge in [0.05, 0.1) is 0 Å². The van der Waals surface area contributed by atoms with E-state index in [-0.39, 0.29) is 11.5 Å². The zero-order valence-electron chi connectivity index (χ0n) is 15.0. The maximum atomic E-state index is 13.7. The molecule has 1 aliphatic rings. The Morgan fingerprint density at radius 1 is 0.963 bits per heavy atom. The summed E-state index contributed by atoms with van der Waals surface area (Å²) >= 11 is 0. The van der Waals surface area contributed by atoms with Gasteiger partial charge in [-0.2, -0.15) is 0 Å². The van der Waals surface area contributed by atoms with Crippen LogP contribution in [0.5, 0.6) is 0 Å². The van der Waals surface area contributed by atoms with Crippen molar-refractivity contribution < 1.29 is 18.4 Å². The third-order valence-electron chi connectivity index (χ3n) is 4.68.